The van der Waals surface area contributed by atoms with Gasteiger partial charge in [0.25, 0.3) is 11.1 Å². The van der Waals surface area contributed by atoms with Gasteiger partial charge in [-0.05, 0) is 53.4 Å². The van der Waals surface area contributed by atoms with Crippen LogP contribution in [0, 0.1) is 0 Å². The summed E-state index contributed by atoms with van der Waals surface area (Å²) >= 11 is 1.17. The van der Waals surface area contributed by atoms with Crippen LogP contribution in [0.3, 0.4) is 0 Å². The normalized spacial score (nSPS) is 10.7. The van der Waals surface area contributed by atoms with Gasteiger partial charge in [0.05, 0.1) is 14.2 Å². The molecule has 1 aromatic heterocycles. The zero-order valence-electron chi connectivity index (χ0n) is 23.0. The van der Waals surface area contributed by atoms with Crippen LogP contribution < -0.4 is 14.2 Å². The van der Waals surface area contributed by atoms with Gasteiger partial charge in [0.1, 0.15) is 5.75 Å². The Morgan fingerprint density at radius 3 is 2.24 bits per heavy atom. The van der Waals surface area contributed by atoms with Gasteiger partial charge < -0.3 is 19.1 Å². The largest absolute Gasteiger partial charge is 0.497 e. The van der Waals surface area contributed by atoms with Crippen molar-refractivity contribution in [3.05, 3.63) is 131 Å². The van der Waals surface area contributed by atoms with Crippen molar-refractivity contribution in [3.63, 3.8) is 0 Å². The summed E-state index contributed by atoms with van der Waals surface area (Å²) in [5.41, 5.74) is 3.82. The molecule has 4 aromatic carbocycles. The van der Waals surface area contributed by atoms with Gasteiger partial charge in [0.15, 0.2) is 17.3 Å². The fraction of sp³-hybridized carbons (Fsp3) is 0.182. The number of hydrogen-bond donors (Lipinski definition) is 0. The highest BCUT2D eigenvalue weighted by Gasteiger charge is 2.19. The number of nitrogens with zero attached hydrogens (tertiary/aromatic N) is 3. The molecule has 0 saturated heterocycles. The Bertz CT molecular complexity index is 1570. The molecule has 1 amide bonds. The summed E-state index contributed by atoms with van der Waals surface area (Å²) < 4.78 is 21.4. The van der Waals surface area contributed by atoms with Gasteiger partial charge in [0.2, 0.25) is 0 Å². The van der Waals surface area contributed by atoms with Gasteiger partial charge in [-0.3, -0.25) is 4.79 Å². The molecule has 0 bridgehead atoms. The maximum Gasteiger partial charge on any atom is 0.298 e. The minimum Gasteiger partial charge on any atom is -0.497 e. The first-order chi connectivity index (χ1) is 20.1. The molecule has 5 aromatic rings. The zero-order chi connectivity index (χ0) is 28.4. The van der Waals surface area contributed by atoms with Crippen LogP contribution in [-0.4, -0.2) is 40.9 Å². The first-order valence-electron chi connectivity index (χ1n) is 13.3. The molecule has 0 unspecified atom stereocenters. The second kappa shape index (κ2) is 13.6. The molecular weight excluding hydrogens is 534 g/mol. The lowest BCUT2D eigenvalue weighted by Crippen LogP contribution is -2.32. The van der Waals surface area contributed by atoms with Crippen LogP contribution in [0.5, 0.6) is 22.4 Å². The lowest BCUT2D eigenvalue weighted by Gasteiger charge is -2.23. The van der Waals surface area contributed by atoms with E-state index >= 15 is 0 Å². The molecule has 0 radical (unpaired) electrons. The van der Waals surface area contributed by atoms with Gasteiger partial charge in [-0.25, -0.2) is 0 Å². The van der Waals surface area contributed by atoms with Crippen molar-refractivity contribution < 1.29 is 19.0 Å². The van der Waals surface area contributed by atoms with Gasteiger partial charge in [-0.1, -0.05) is 72.8 Å². The van der Waals surface area contributed by atoms with E-state index in [0.29, 0.717) is 47.6 Å². The summed E-state index contributed by atoms with van der Waals surface area (Å²) in [4.78, 5) is 20.1. The summed E-state index contributed by atoms with van der Waals surface area (Å²) in [5, 5.41) is 0.397. The second-order valence-electron chi connectivity index (χ2n) is 9.42. The number of aromatic nitrogens is 2. The maximum atomic E-state index is 13.7. The highest BCUT2D eigenvalue weighted by atomic mass is 32.1. The lowest BCUT2D eigenvalue weighted by molar-refractivity contribution is 0.0744. The lowest BCUT2D eigenvalue weighted by atomic mass is 10.1. The summed E-state index contributed by atoms with van der Waals surface area (Å²) in [5.74, 6) is 2.27. The van der Waals surface area contributed by atoms with Crippen molar-refractivity contribution in [2.24, 2.45) is 0 Å². The van der Waals surface area contributed by atoms with E-state index in [9.17, 15) is 4.79 Å². The van der Waals surface area contributed by atoms with Crippen LogP contribution in [-0.2, 0) is 19.4 Å². The van der Waals surface area contributed by atoms with E-state index in [-0.39, 0.29) is 5.91 Å². The van der Waals surface area contributed by atoms with Crippen LogP contribution in [0.1, 0.15) is 32.9 Å². The van der Waals surface area contributed by atoms with Gasteiger partial charge in [-0.2, -0.15) is 9.36 Å². The van der Waals surface area contributed by atoms with E-state index < -0.39 is 0 Å². The Morgan fingerprint density at radius 1 is 0.780 bits per heavy atom. The molecule has 0 fully saturated rings. The van der Waals surface area contributed by atoms with Crippen LogP contribution in [0.2, 0.25) is 0 Å². The standard InChI is InChI=1S/C33H31N3O4S/c1-38-28-15-9-14-26(20-28)21-31-34-33(41-35-31)40-29-17-16-27(22-30(29)39-2)32(37)36(23-25-12-7-4-8-13-25)19-18-24-10-5-3-6-11-24/h3-17,20,22H,18-19,21,23H2,1-2H3. The fourth-order valence-electron chi connectivity index (χ4n) is 4.44. The van der Waals surface area contributed by atoms with Gasteiger partial charge in [0, 0.05) is 36.6 Å². The topological polar surface area (TPSA) is 73.8 Å². The third-order valence-corrected chi connectivity index (χ3v) is 7.20. The number of hydrogen-bond acceptors (Lipinski definition) is 7. The first kappa shape index (κ1) is 27.9. The monoisotopic (exact) mass is 565 g/mol. The van der Waals surface area contributed by atoms with E-state index in [1.807, 2.05) is 77.7 Å². The van der Waals surface area contributed by atoms with E-state index in [1.165, 1.54) is 17.1 Å². The predicted octanol–water partition coefficient (Wildman–Crippen LogP) is 6.82. The minimum atomic E-state index is -0.0777. The van der Waals surface area contributed by atoms with Crippen molar-refractivity contribution in [2.75, 3.05) is 20.8 Å². The molecule has 5 rings (SSSR count). The number of carbonyl (C=O) groups excluding carboxylic acids is 1. The SMILES string of the molecule is COc1cccc(Cc2nsc(Oc3ccc(C(=O)N(CCc4ccccc4)Cc4ccccc4)cc3OC)n2)c1. The minimum absolute atomic E-state index is 0.0777. The molecular formula is C33H31N3O4S. The van der Waals surface area contributed by atoms with Crippen molar-refractivity contribution in [1.82, 2.24) is 14.3 Å². The van der Waals surface area contributed by atoms with Gasteiger partial charge >= 0.3 is 0 Å². The number of rotatable bonds is 12. The average Bonchev–Trinajstić information content (AvgIpc) is 3.46. The van der Waals surface area contributed by atoms with Gasteiger partial charge in [-0.15, -0.1) is 0 Å². The Labute approximate surface area is 244 Å². The highest BCUT2D eigenvalue weighted by molar-refractivity contribution is 7.07. The smallest absolute Gasteiger partial charge is 0.298 e. The molecule has 0 aliphatic heterocycles. The second-order valence-corrected chi connectivity index (χ2v) is 10.1. The molecule has 0 saturated carbocycles. The van der Waals surface area contributed by atoms with E-state index in [0.717, 1.165) is 23.3 Å². The molecule has 7 nitrogen and oxygen atoms in total. The van der Waals surface area contributed by atoms with Crippen molar-refractivity contribution in [1.29, 1.82) is 0 Å². The third-order valence-electron chi connectivity index (χ3n) is 6.57. The number of amides is 1. The highest BCUT2D eigenvalue weighted by Crippen LogP contribution is 2.34. The summed E-state index contributed by atoms with van der Waals surface area (Å²) in [7, 11) is 3.20. The third kappa shape index (κ3) is 7.49. The number of carbonyl (C=O) groups is 1. The molecule has 0 aliphatic carbocycles. The maximum absolute atomic E-state index is 13.7. The predicted molar refractivity (Wildman–Crippen MR) is 160 cm³/mol. The molecule has 0 atom stereocenters. The Kier molecular flexibility index (Phi) is 9.23. The van der Waals surface area contributed by atoms with E-state index in [4.69, 9.17) is 14.2 Å². The number of ether oxygens (including phenoxy) is 3. The molecule has 1 heterocycles. The molecule has 0 spiro atoms. The van der Waals surface area contributed by atoms with Crippen molar-refractivity contribution in [3.8, 4) is 22.4 Å². The van der Waals surface area contributed by atoms with Crippen LogP contribution in [0.15, 0.2) is 103 Å². The molecule has 0 N–H and O–H groups in total. The molecule has 208 valence electrons. The van der Waals surface area contributed by atoms with Crippen molar-refractivity contribution >= 4 is 17.4 Å². The van der Waals surface area contributed by atoms with Crippen LogP contribution in [0.4, 0.5) is 0 Å². The molecule has 41 heavy (non-hydrogen) atoms. The Morgan fingerprint density at radius 2 is 1.51 bits per heavy atom. The van der Waals surface area contributed by atoms with E-state index in [2.05, 4.69) is 21.5 Å². The Hall–Kier alpha value is -4.69. The van der Waals surface area contributed by atoms with E-state index in [1.54, 1.807) is 32.4 Å². The van der Waals surface area contributed by atoms with Crippen molar-refractivity contribution in [2.45, 2.75) is 19.4 Å². The zero-order valence-corrected chi connectivity index (χ0v) is 23.8. The number of benzene rings is 4. The molecule has 0 aliphatic rings. The van der Waals surface area contributed by atoms with Crippen LogP contribution >= 0.6 is 11.5 Å². The first-order valence-corrected chi connectivity index (χ1v) is 14.1. The Balaban J connectivity index is 1.30. The average molecular weight is 566 g/mol. The summed E-state index contributed by atoms with van der Waals surface area (Å²) in [6.45, 7) is 1.09. The quantitative estimate of drug-likeness (QED) is 0.165. The molecule has 8 heteroatoms. The van der Waals surface area contributed by atoms with Crippen LogP contribution in [0.25, 0.3) is 0 Å². The number of methoxy groups -OCH3 is 2. The summed E-state index contributed by atoms with van der Waals surface area (Å²) in [6, 6.07) is 33.2. The summed E-state index contributed by atoms with van der Waals surface area (Å²) in [6.07, 6.45) is 1.31. The fourth-order valence-corrected chi connectivity index (χ4v) is 5.00.